The highest BCUT2D eigenvalue weighted by atomic mass is 16.6. The number of rotatable bonds is 24. The summed E-state index contributed by atoms with van der Waals surface area (Å²) in [6.07, 6.45) is 12.5. The number of likely N-dealkylation sites (tertiary alicyclic amines) is 4. The van der Waals surface area contributed by atoms with Crippen molar-refractivity contribution in [3.63, 3.8) is 0 Å². The number of carbonyl (C=O) groups is 7. The summed E-state index contributed by atoms with van der Waals surface area (Å²) in [6.45, 7) is 21.5. The maximum absolute atomic E-state index is 14.6. The van der Waals surface area contributed by atoms with Gasteiger partial charge in [0.25, 0.3) is 0 Å². The molecule has 14 rings (SSSR count). The molecule has 10 heterocycles. The number of nitrogens with one attached hydrogen (secondary N) is 5. The number of alkyl carbamates (subject to hydrolysis) is 3. The highest BCUT2D eigenvalue weighted by Crippen LogP contribution is 2.51. The number of H-pyrrole nitrogens is 2. The summed E-state index contributed by atoms with van der Waals surface area (Å²) in [4.78, 5) is 128. The Labute approximate surface area is 651 Å². The van der Waals surface area contributed by atoms with Crippen molar-refractivity contribution in [1.82, 2.24) is 65.5 Å². The molecule has 6 aliphatic heterocycles. The molecule has 5 N–H and O–H groups in total. The van der Waals surface area contributed by atoms with Gasteiger partial charge in [-0.1, -0.05) is 106 Å². The van der Waals surface area contributed by atoms with Crippen molar-refractivity contribution in [3.8, 4) is 73.9 Å². The maximum atomic E-state index is 14.6. The second-order valence-corrected chi connectivity index (χ2v) is 31.5. The Morgan fingerprint density at radius 2 is 1.00 bits per heavy atom. The van der Waals surface area contributed by atoms with Crippen LogP contribution in [0.5, 0.6) is 28.7 Å². The van der Waals surface area contributed by atoms with E-state index >= 15 is 0 Å². The molecule has 0 aliphatic carbocycles. The molecule has 7 amide bonds. The molecule has 592 valence electrons. The van der Waals surface area contributed by atoms with Gasteiger partial charge in [-0.2, -0.15) is 0 Å². The summed E-state index contributed by atoms with van der Waals surface area (Å²) in [7, 11) is 1.27. The Morgan fingerprint density at radius 3 is 1.57 bits per heavy atom. The lowest BCUT2D eigenvalue weighted by atomic mass is 9.75. The van der Waals surface area contributed by atoms with E-state index in [1.165, 1.54) is 7.11 Å². The van der Waals surface area contributed by atoms with E-state index in [0.29, 0.717) is 152 Å². The molecule has 8 aromatic rings. The molecule has 0 bridgehead atoms. The highest BCUT2D eigenvalue weighted by Gasteiger charge is 2.44. The number of amides is 7. The van der Waals surface area contributed by atoms with Crippen molar-refractivity contribution in [3.05, 3.63) is 138 Å². The van der Waals surface area contributed by atoms with Crippen LogP contribution in [0.4, 0.5) is 14.4 Å². The van der Waals surface area contributed by atoms with Crippen LogP contribution in [0.25, 0.3) is 45.2 Å². The second-order valence-electron chi connectivity index (χ2n) is 31.5. The number of aromatic nitrogens is 6. The predicted octanol–water partition coefficient (Wildman–Crippen LogP) is 15.0. The van der Waals surface area contributed by atoms with E-state index in [9.17, 15) is 33.6 Å². The first kappa shape index (κ1) is 77.5. The largest absolute Gasteiger partial charge is 0.485 e. The number of fused-ring (bicyclic) bond motifs is 4. The van der Waals surface area contributed by atoms with Crippen LogP contribution < -0.4 is 30.2 Å². The molecule has 6 aliphatic rings. The maximum Gasteiger partial charge on any atom is 0.407 e. The van der Waals surface area contributed by atoms with Gasteiger partial charge in [-0.15, -0.1) is 0 Å². The average Bonchev–Trinajstić information content (AvgIpc) is 0.845. The predicted molar refractivity (Wildman–Crippen MR) is 412 cm³/mol. The highest BCUT2D eigenvalue weighted by molar-refractivity contribution is 5.88. The lowest BCUT2D eigenvalue weighted by molar-refractivity contribution is -0.136. The molecule has 9 atom stereocenters. The van der Waals surface area contributed by atoms with Gasteiger partial charge < -0.3 is 82.8 Å². The minimum absolute atomic E-state index is 0.142. The zero-order valence-electron chi connectivity index (χ0n) is 65.5. The summed E-state index contributed by atoms with van der Waals surface area (Å²) in [5.74, 6) is 5.24. The number of methoxy groups -OCH3 is 1. The first-order chi connectivity index (χ1) is 54.0. The Morgan fingerprint density at radius 1 is 0.527 bits per heavy atom. The Hall–Kier alpha value is -11.2. The lowest BCUT2D eigenvalue weighted by Gasteiger charge is -2.35. The fourth-order valence-electron chi connectivity index (χ4n) is 16.2. The van der Waals surface area contributed by atoms with Crippen molar-refractivity contribution in [2.75, 3.05) is 46.5 Å². The van der Waals surface area contributed by atoms with Crippen molar-refractivity contribution in [2.24, 2.45) is 23.7 Å². The van der Waals surface area contributed by atoms with Gasteiger partial charge in [0, 0.05) is 89.4 Å². The van der Waals surface area contributed by atoms with E-state index in [2.05, 4.69) is 70.7 Å². The molecule has 0 radical (unpaired) electrons. The molecule has 9 unspecified atom stereocenters. The van der Waals surface area contributed by atoms with E-state index < -0.39 is 53.9 Å². The number of nitrogens with zero attached hydrogens (tertiary/aromatic N) is 8. The second kappa shape index (κ2) is 33.0. The Bertz CT molecular complexity index is 4810. The first-order valence-electron chi connectivity index (χ1n) is 39.5. The van der Waals surface area contributed by atoms with E-state index in [0.717, 1.165) is 64.6 Å². The third-order valence-corrected chi connectivity index (χ3v) is 23.0. The summed E-state index contributed by atoms with van der Waals surface area (Å²) in [5.41, 5.74) is 6.76. The van der Waals surface area contributed by atoms with Crippen LogP contribution in [-0.4, -0.2) is 156 Å². The molecule has 4 aromatic carbocycles. The van der Waals surface area contributed by atoms with Crippen molar-refractivity contribution in [2.45, 2.75) is 194 Å². The molecular formula is C84H101N13O15. The number of carbonyl (C=O) groups excluding carboxylic acids is 7. The summed E-state index contributed by atoms with van der Waals surface area (Å²) < 4.78 is 48.2. The summed E-state index contributed by atoms with van der Waals surface area (Å²) >= 11 is 0. The number of aromatic amines is 2. The minimum Gasteiger partial charge on any atom is -0.485 e. The zero-order valence-corrected chi connectivity index (χ0v) is 65.5. The minimum atomic E-state index is -0.953. The van der Waals surface area contributed by atoms with Gasteiger partial charge in [0.05, 0.1) is 43.0 Å². The van der Waals surface area contributed by atoms with Gasteiger partial charge in [-0.05, 0) is 124 Å². The van der Waals surface area contributed by atoms with Crippen LogP contribution >= 0.6 is 0 Å². The monoisotopic (exact) mass is 1530 g/mol. The number of imidazole rings is 2. The van der Waals surface area contributed by atoms with Crippen molar-refractivity contribution in [1.29, 1.82) is 0 Å². The Balaban J connectivity index is 0.548. The molecule has 0 spiro atoms. The first-order valence-corrected chi connectivity index (χ1v) is 39.5. The third kappa shape index (κ3) is 16.0. The number of benzene rings is 4. The fourth-order valence-corrected chi connectivity index (χ4v) is 16.2. The SMILES string of the molecule is CCC(C)CC(=O)N1CCCC1c1ncc(-c2ccc3c(c2)Oc2ccc(-c4cnc(C5CCCN5C(=O)C(NC(=O)OCCOC(=O)NC(C(=O)N5CCCC5c5nc(-c6ccc7c(c6)Oc6ccc(-c8c[nH]c(C9CCCN9C(=O)C(NC(=O)OC)C(C)C)n8)cc6OC7)c[nH]5)C(C)C)C(C)CC)o4)cc2C3(C)C)o1. The van der Waals surface area contributed by atoms with E-state index in [-0.39, 0.29) is 73.3 Å². The van der Waals surface area contributed by atoms with Gasteiger partial charge in [0.15, 0.2) is 23.0 Å². The van der Waals surface area contributed by atoms with Crippen LogP contribution in [0, 0.1) is 23.7 Å². The molecule has 112 heavy (non-hydrogen) atoms. The van der Waals surface area contributed by atoms with Gasteiger partial charge in [0.1, 0.15) is 78.9 Å². The topological polar surface area (TPSA) is 333 Å². The summed E-state index contributed by atoms with van der Waals surface area (Å²) in [6, 6.07) is 19.4. The van der Waals surface area contributed by atoms with Crippen LogP contribution in [0.2, 0.25) is 0 Å². The van der Waals surface area contributed by atoms with Crippen molar-refractivity contribution >= 4 is 41.9 Å². The van der Waals surface area contributed by atoms with Crippen LogP contribution in [0.15, 0.2) is 106 Å². The molecule has 4 saturated heterocycles. The molecule has 0 saturated carbocycles. The number of hydrogen-bond acceptors (Lipinski definition) is 19. The zero-order chi connectivity index (χ0) is 78.8. The molecule has 28 nitrogen and oxygen atoms in total. The molecule has 28 heteroatoms. The van der Waals surface area contributed by atoms with Crippen LogP contribution in [-0.2, 0) is 45.4 Å². The smallest absolute Gasteiger partial charge is 0.407 e. The number of ether oxygens (including phenoxy) is 6. The molecular weight excluding hydrogens is 1430 g/mol. The molecule has 4 aromatic heterocycles. The average molecular weight is 1530 g/mol. The lowest BCUT2D eigenvalue weighted by Crippen LogP contribution is -2.52. The van der Waals surface area contributed by atoms with Gasteiger partial charge in [0.2, 0.25) is 35.4 Å². The van der Waals surface area contributed by atoms with Gasteiger partial charge in [-0.25, -0.2) is 34.3 Å². The van der Waals surface area contributed by atoms with Crippen LogP contribution in [0.1, 0.15) is 204 Å². The standard InChI is InChI=1S/C84H101N13O15/c1-12-48(7)36-70(98)94-30-16-20-61(94)76-87-44-69(112-76)53-24-27-55-66(40-53)109-63-28-26-52(37-56(63)84(55,9)10)68-43-88-77(111-68)62-21-17-33-97(62)80(101)73(49(8)13-2)93-83(104)107-35-34-106-82(103)92-72(47(5)6)79(100)96-32-15-19-60(96)74-85-41-57(89-74)50-22-23-54-45-108-67-39-51(25-29-64(67)110-65(54)38-50)58-42-86-75(90-58)59-18-14-31-95(59)78(99)71(46(3)4)91-81(102)105-11/h22-29,37-44,46-49,59-62,71-73H,12-21,30-36,45H2,1-11H3,(H,85,89)(H,86,90)(H,91,102)(H,92,103)(H,93,104). The normalized spacial score (nSPS) is 19.5. The Kier molecular flexibility index (Phi) is 22.9. The van der Waals surface area contributed by atoms with E-state index in [1.54, 1.807) is 33.3 Å². The molecule has 4 fully saturated rings. The van der Waals surface area contributed by atoms with Gasteiger partial charge >= 0.3 is 18.3 Å². The van der Waals surface area contributed by atoms with Crippen molar-refractivity contribution < 1.29 is 70.8 Å². The third-order valence-electron chi connectivity index (χ3n) is 23.0. The quantitative estimate of drug-likeness (QED) is 0.0277. The summed E-state index contributed by atoms with van der Waals surface area (Å²) in [5, 5.41) is 8.26. The number of hydrogen-bond donors (Lipinski definition) is 5. The fraction of sp³-hybridized carbons (Fsp3) is 0.488. The van der Waals surface area contributed by atoms with E-state index in [4.69, 9.17) is 52.2 Å². The van der Waals surface area contributed by atoms with Crippen LogP contribution in [0.3, 0.4) is 0 Å². The van der Waals surface area contributed by atoms with E-state index in [1.807, 2.05) is 113 Å². The number of oxazole rings is 2. The van der Waals surface area contributed by atoms with Gasteiger partial charge in [-0.3, -0.25) is 19.2 Å².